The number of aryl methyl sites for hydroxylation is 1. The zero-order chi connectivity index (χ0) is 18.5. The van der Waals surface area contributed by atoms with Gasteiger partial charge in [0.2, 0.25) is 5.91 Å². The molecule has 0 saturated carbocycles. The summed E-state index contributed by atoms with van der Waals surface area (Å²) in [5.74, 6) is 0.491. The van der Waals surface area contributed by atoms with Crippen molar-refractivity contribution in [2.45, 2.75) is 51.6 Å². The van der Waals surface area contributed by atoms with Crippen LogP contribution in [0, 0.1) is 5.92 Å². The molecule has 26 heavy (non-hydrogen) atoms. The predicted octanol–water partition coefficient (Wildman–Crippen LogP) is 3.01. The molecule has 4 heteroatoms. The maximum Gasteiger partial charge on any atom is 0.227 e. The summed E-state index contributed by atoms with van der Waals surface area (Å²) in [5, 5.41) is 0. The topological polar surface area (TPSA) is 26.8 Å². The molecule has 2 saturated heterocycles. The molecular formula is C22H35N3O. The number of amides is 1. The average molecular weight is 358 g/mol. The number of likely N-dealkylation sites (tertiary alicyclic amines) is 2. The largest absolute Gasteiger partial charge is 0.341 e. The van der Waals surface area contributed by atoms with Crippen LogP contribution in [0.15, 0.2) is 24.3 Å². The van der Waals surface area contributed by atoms with E-state index in [4.69, 9.17) is 0 Å². The Morgan fingerprint density at radius 1 is 1.08 bits per heavy atom. The van der Waals surface area contributed by atoms with Gasteiger partial charge in [0.1, 0.15) is 0 Å². The third-order valence-electron chi connectivity index (χ3n) is 6.23. The standard InChI is InChI=1S/C22H35N3O/c1-4-18-7-9-19(10-8-18)16-24(3)22(26)20-6-5-13-25(17-20)21-11-14-23(2)15-12-21/h7-10,20-21H,4-6,11-17H2,1-3H3. The van der Waals surface area contributed by atoms with Gasteiger partial charge in [-0.25, -0.2) is 0 Å². The van der Waals surface area contributed by atoms with Gasteiger partial charge in [-0.1, -0.05) is 31.2 Å². The highest BCUT2D eigenvalue weighted by Gasteiger charge is 2.32. The maximum atomic E-state index is 13.0. The maximum absolute atomic E-state index is 13.0. The van der Waals surface area contributed by atoms with Crippen LogP contribution in [-0.2, 0) is 17.8 Å². The lowest BCUT2D eigenvalue weighted by molar-refractivity contribution is -0.137. The lowest BCUT2D eigenvalue weighted by Gasteiger charge is -2.41. The van der Waals surface area contributed by atoms with Crippen LogP contribution in [0.5, 0.6) is 0 Å². The van der Waals surface area contributed by atoms with Crippen molar-refractivity contribution in [2.75, 3.05) is 40.3 Å². The Bertz CT molecular complexity index is 578. The van der Waals surface area contributed by atoms with Crippen LogP contribution < -0.4 is 0 Å². The molecule has 3 rings (SSSR count). The minimum absolute atomic E-state index is 0.170. The van der Waals surface area contributed by atoms with Crippen molar-refractivity contribution < 1.29 is 4.79 Å². The number of carbonyl (C=O) groups excluding carboxylic acids is 1. The van der Waals surface area contributed by atoms with E-state index in [1.54, 1.807) is 0 Å². The molecule has 0 spiro atoms. The summed E-state index contributed by atoms with van der Waals surface area (Å²) in [6.45, 7) is 7.38. The number of benzene rings is 1. The molecule has 0 radical (unpaired) electrons. The summed E-state index contributed by atoms with van der Waals surface area (Å²) >= 11 is 0. The SMILES string of the molecule is CCc1ccc(CN(C)C(=O)C2CCCN(C3CCN(C)CC3)C2)cc1. The fraction of sp³-hybridized carbons (Fsp3) is 0.682. The van der Waals surface area contributed by atoms with Crippen molar-refractivity contribution in [2.24, 2.45) is 5.92 Å². The smallest absolute Gasteiger partial charge is 0.227 e. The van der Waals surface area contributed by atoms with Crippen LogP contribution >= 0.6 is 0 Å². The fourth-order valence-electron chi connectivity index (χ4n) is 4.44. The second kappa shape index (κ2) is 9.01. The number of hydrogen-bond donors (Lipinski definition) is 0. The molecule has 144 valence electrons. The first-order valence-corrected chi connectivity index (χ1v) is 10.3. The van der Waals surface area contributed by atoms with Gasteiger partial charge in [0.25, 0.3) is 0 Å². The minimum atomic E-state index is 0.170. The molecule has 2 aliphatic heterocycles. The third-order valence-corrected chi connectivity index (χ3v) is 6.23. The van der Waals surface area contributed by atoms with E-state index in [-0.39, 0.29) is 5.92 Å². The molecule has 2 fully saturated rings. The summed E-state index contributed by atoms with van der Waals surface area (Å²) in [7, 11) is 4.17. The molecule has 0 aliphatic carbocycles. The van der Waals surface area contributed by atoms with Gasteiger partial charge in [-0.3, -0.25) is 9.69 Å². The Morgan fingerprint density at radius 2 is 1.73 bits per heavy atom. The Balaban J connectivity index is 1.54. The van der Waals surface area contributed by atoms with E-state index >= 15 is 0 Å². The number of rotatable bonds is 5. The molecule has 0 aromatic heterocycles. The van der Waals surface area contributed by atoms with Gasteiger partial charge in [0.15, 0.2) is 0 Å². The molecule has 2 heterocycles. The van der Waals surface area contributed by atoms with Crippen molar-refractivity contribution in [1.82, 2.24) is 14.7 Å². The highest BCUT2D eigenvalue weighted by Crippen LogP contribution is 2.25. The molecule has 1 aromatic carbocycles. The Labute approximate surface area is 159 Å². The van der Waals surface area contributed by atoms with Crippen molar-refractivity contribution >= 4 is 5.91 Å². The summed E-state index contributed by atoms with van der Waals surface area (Å²) in [5.41, 5.74) is 2.57. The van der Waals surface area contributed by atoms with Crippen molar-refractivity contribution in [3.05, 3.63) is 35.4 Å². The number of nitrogens with zero attached hydrogens (tertiary/aromatic N) is 3. The van der Waals surface area contributed by atoms with Gasteiger partial charge >= 0.3 is 0 Å². The Hall–Kier alpha value is -1.39. The van der Waals surface area contributed by atoms with Crippen molar-refractivity contribution in [3.8, 4) is 0 Å². The Morgan fingerprint density at radius 3 is 2.38 bits per heavy atom. The number of hydrogen-bond acceptors (Lipinski definition) is 3. The molecule has 1 amide bonds. The first kappa shape index (κ1) is 19.4. The molecule has 1 unspecified atom stereocenters. The molecule has 0 N–H and O–H groups in total. The normalized spacial score (nSPS) is 23.1. The van der Waals surface area contributed by atoms with E-state index < -0.39 is 0 Å². The van der Waals surface area contributed by atoms with Gasteiger partial charge in [-0.15, -0.1) is 0 Å². The predicted molar refractivity (Wildman–Crippen MR) is 107 cm³/mol. The van der Waals surface area contributed by atoms with Crippen molar-refractivity contribution in [1.29, 1.82) is 0 Å². The van der Waals surface area contributed by atoms with E-state index in [2.05, 4.69) is 48.0 Å². The van der Waals surface area contributed by atoms with E-state index in [9.17, 15) is 4.79 Å². The highest BCUT2D eigenvalue weighted by atomic mass is 16.2. The van der Waals surface area contributed by atoms with Crippen LogP contribution in [0.3, 0.4) is 0 Å². The first-order valence-electron chi connectivity index (χ1n) is 10.3. The quantitative estimate of drug-likeness (QED) is 0.810. The molecule has 4 nitrogen and oxygen atoms in total. The van der Waals surface area contributed by atoms with Gasteiger partial charge in [0.05, 0.1) is 5.92 Å². The molecule has 1 aromatic rings. The van der Waals surface area contributed by atoms with Crippen molar-refractivity contribution in [3.63, 3.8) is 0 Å². The second-order valence-corrected chi connectivity index (χ2v) is 8.23. The van der Waals surface area contributed by atoms with E-state index in [1.165, 1.54) is 43.6 Å². The number of carbonyl (C=O) groups is 1. The van der Waals surface area contributed by atoms with E-state index in [0.717, 1.165) is 25.8 Å². The van der Waals surface area contributed by atoms with Crippen LogP contribution in [-0.4, -0.2) is 66.9 Å². The highest BCUT2D eigenvalue weighted by molar-refractivity contribution is 5.79. The molecule has 0 bridgehead atoms. The summed E-state index contributed by atoms with van der Waals surface area (Å²) < 4.78 is 0. The summed E-state index contributed by atoms with van der Waals surface area (Å²) in [4.78, 5) is 19.9. The minimum Gasteiger partial charge on any atom is -0.341 e. The summed E-state index contributed by atoms with van der Waals surface area (Å²) in [6, 6.07) is 9.35. The van der Waals surface area contributed by atoms with E-state index in [1.807, 2.05) is 11.9 Å². The van der Waals surface area contributed by atoms with Crippen LogP contribution in [0.4, 0.5) is 0 Å². The fourth-order valence-corrected chi connectivity index (χ4v) is 4.44. The zero-order valence-electron chi connectivity index (χ0n) is 16.8. The van der Waals surface area contributed by atoms with Crippen LogP contribution in [0.2, 0.25) is 0 Å². The molecule has 2 aliphatic rings. The monoisotopic (exact) mass is 357 g/mol. The third kappa shape index (κ3) is 4.86. The molecular weight excluding hydrogens is 322 g/mol. The first-order chi connectivity index (χ1) is 12.6. The van der Waals surface area contributed by atoms with Gasteiger partial charge in [-0.2, -0.15) is 0 Å². The lowest BCUT2D eigenvalue weighted by Crippen LogP contribution is -2.50. The molecule has 1 atom stereocenters. The second-order valence-electron chi connectivity index (χ2n) is 8.23. The average Bonchev–Trinajstić information content (AvgIpc) is 2.68. The zero-order valence-corrected chi connectivity index (χ0v) is 16.8. The summed E-state index contributed by atoms with van der Waals surface area (Å²) in [6.07, 6.45) is 5.75. The Kier molecular flexibility index (Phi) is 6.71. The number of piperidine rings is 2. The van der Waals surface area contributed by atoms with Crippen LogP contribution in [0.25, 0.3) is 0 Å². The van der Waals surface area contributed by atoms with Gasteiger partial charge in [0, 0.05) is 26.2 Å². The van der Waals surface area contributed by atoms with E-state index in [0.29, 0.717) is 18.5 Å². The van der Waals surface area contributed by atoms with Gasteiger partial charge in [-0.05, 0) is 69.9 Å². The lowest BCUT2D eigenvalue weighted by atomic mass is 9.93. The van der Waals surface area contributed by atoms with Gasteiger partial charge < -0.3 is 9.80 Å². The van der Waals surface area contributed by atoms with Crippen LogP contribution in [0.1, 0.15) is 43.7 Å².